The summed E-state index contributed by atoms with van der Waals surface area (Å²) in [6.45, 7) is 0. The maximum Gasteiger partial charge on any atom is 0.267 e. The van der Waals surface area contributed by atoms with Crippen molar-refractivity contribution in [2.75, 3.05) is 0 Å². The van der Waals surface area contributed by atoms with Crippen LogP contribution in [0.2, 0.25) is 0 Å². The monoisotopic (exact) mass is 202 g/mol. The van der Waals surface area contributed by atoms with E-state index in [1.807, 2.05) is 36.0 Å². The smallest absolute Gasteiger partial charge is 0.267 e. The third kappa shape index (κ3) is 0.992. The van der Waals surface area contributed by atoms with Gasteiger partial charge in [0.1, 0.15) is 5.75 Å². The van der Waals surface area contributed by atoms with E-state index in [-0.39, 0.29) is 0 Å². The number of phenols is 1. The van der Waals surface area contributed by atoms with E-state index in [4.69, 9.17) is 0 Å². The van der Waals surface area contributed by atoms with Gasteiger partial charge in [0, 0.05) is 16.8 Å². The molecule has 0 bridgehead atoms. The highest BCUT2D eigenvalue weighted by Crippen LogP contribution is 2.24. The number of phenolic OH excluding ortho intramolecular Hbond substituents is 1. The molecule has 0 saturated heterocycles. The average Bonchev–Trinajstić information content (AvgIpc) is 2.62. The van der Waals surface area contributed by atoms with Crippen molar-refractivity contribution >= 4 is 26.9 Å². The SMILES string of the molecule is Oc1cccc2c[n+]3ccsc3cc12. The van der Waals surface area contributed by atoms with E-state index in [0.717, 1.165) is 15.6 Å². The summed E-state index contributed by atoms with van der Waals surface area (Å²) < 4.78 is 2.06. The minimum atomic E-state index is 0.346. The van der Waals surface area contributed by atoms with Crippen LogP contribution in [0, 0.1) is 0 Å². The molecule has 0 saturated carbocycles. The van der Waals surface area contributed by atoms with Gasteiger partial charge in [-0.3, -0.25) is 0 Å². The molecule has 0 fully saturated rings. The van der Waals surface area contributed by atoms with Gasteiger partial charge in [0.2, 0.25) is 0 Å². The molecule has 1 N–H and O–H groups in total. The van der Waals surface area contributed by atoms with Crippen LogP contribution in [0.4, 0.5) is 0 Å². The van der Waals surface area contributed by atoms with Gasteiger partial charge in [-0.15, -0.1) is 0 Å². The Labute approximate surface area is 84.7 Å². The first kappa shape index (κ1) is 7.76. The van der Waals surface area contributed by atoms with Crippen LogP contribution in [0.1, 0.15) is 0 Å². The first-order valence-corrected chi connectivity index (χ1v) is 5.23. The third-order valence-corrected chi connectivity index (χ3v) is 3.16. The van der Waals surface area contributed by atoms with E-state index < -0.39 is 0 Å². The number of hydrogen-bond acceptors (Lipinski definition) is 2. The minimum absolute atomic E-state index is 0.346. The van der Waals surface area contributed by atoms with Crippen molar-refractivity contribution in [3.8, 4) is 5.75 Å². The van der Waals surface area contributed by atoms with Crippen molar-refractivity contribution in [2.45, 2.75) is 0 Å². The Bertz CT molecular complexity index is 615. The Hall–Kier alpha value is -1.61. The lowest BCUT2D eigenvalue weighted by Gasteiger charge is -1.96. The van der Waals surface area contributed by atoms with Crippen molar-refractivity contribution in [3.63, 3.8) is 0 Å². The molecule has 0 radical (unpaired) electrons. The van der Waals surface area contributed by atoms with E-state index in [1.54, 1.807) is 17.4 Å². The summed E-state index contributed by atoms with van der Waals surface area (Å²) in [4.78, 5) is 1.14. The molecular weight excluding hydrogens is 194 g/mol. The largest absolute Gasteiger partial charge is 0.507 e. The number of rotatable bonds is 0. The van der Waals surface area contributed by atoms with E-state index >= 15 is 0 Å². The molecular formula is C11H8NOS+. The molecule has 3 heteroatoms. The lowest BCUT2D eigenvalue weighted by Crippen LogP contribution is -2.15. The topological polar surface area (TPSA) is 24.3 Å². The number of hydrogen-bond donors (Lipinski definition) is 1. The molecule has 2 aromatic heterocycles. The Morgan fingerprint density at radius 1 is 1.29 bits per heavy atom. The molecule has 0 spiro atoms. The maximum absolute atomic E-state index is 9.66. The molecule has 0 aliphatic rings. The van der Waals surface area contributed by atoms with Crippen LogP contribution in [-0.4, -0.2) is 5.11 Å². The van der Waals surface area contributed by atoms with Gasteiger partial charge in [-0.2, -0.15) is 4.40 Å². The molecule has 0 aliphatic carbocycles. The van der Waals surface area contributed by atoms with Crippen LogP contribution >= 0.6 is 11.3 Å². The van der Waals surface area contributed by atoms with Gasteiger partial charge in [0.05, 0.1) is 5.38 Å². The lowest BCUT2D eigenvalue weighted by atomic mass is 10.1. The van der Waals surface area contributed by atoms with Gasteiger partial charge in [-0.05, 0) is 12.1 Å². The van der Waals surface area contributed by atoms with Crippen molar-refractivity contribution in [3.05, 3.63) is 42.0 Å². The fraction of sp³-hybridized carbons (Fsp3) is 0. The van der Waals surface area contributed by atoms with Gasteiger partial charge in [-0.1, -0.05) is 17.4 Å². The predicted molar refractivity (Wildman–Crippen MR) is 56.6 cm³/mol. The second kappa shape index (κ2) is 2.69. The maximum atomic E-state index is 9.66. The highest BCUT2D eigenvalue weighted by Gasteiger charge is 2.08. The van der Waals surface area contributed by atoms with E-state index in [9.17, 15) is 5.11 Å². The molecule has 3 rings (SSSR count). The van der Waals surface area contributed by atoms with Crippen LogP contribution in [0.15, 0.2) is 42.0 Å². The Balaban J connectivity index is 2.57. The average molecular weight is 202 g/mol. The van der Waals surface area contributed by atoms with Gasteiger partial charge < -0.3 is 5.11 Å². The second-order valence-corrected chi connectivity index (χ2v) is 4.13. The predicted octanol–water partition coefficient (Wildman–Crippen LogP) is 2.35. The zero-order valence-corrected chi connectivity index (χ0v) is 8.16. The van der Waals surface area contributed by atoms with E-state index in [1.165, 1.54) is 0 Å². The minimum Gasteiger partial charge on any atom is -0.507 e. The first-order chi connectivity index (χ1) is 6.84. The van der Waals surface area contributed by atoms with Crippen molar-refractivity contribution in [1.82, 2.24) is 0 Å². The van der Waals surface area contributed by atoms with Gasteiger partial charge >= 0.3 is 0 Å². The molecule has 14 heavy (non-hydrogen) atoms. The quantitative estimate of drug-likeness (QED) is 0.556. The molecule has 0 unspecified atom stereocenters. The summed E-state index contributed by atoms with van der Waals surface area (Å²) >= 11 is 1.66. The van der Waals surface area contributed by atoms with Crippen LogP contribution in [0.5, 0.6) is 5.75 Å². The Kier molecular flexibility index (Phi) is 1.49. The first-order valence-electron chi connectivity index (χ1n) is 4.35. The fourth-order valence-electron chi connectivity index (χ4n) is 1.63. The Morgan fingerprint density at radius 2 is 2.21 bits per heavy atom. The molecule has 2 heterocycles. The molecule has 3 aromatic rings. The number of aromatic nitrogens is 1. The molecule has 0 aliphatic heterocycles. The van der Waals surface area contributed by atoms with Crippen LogP contribution in [0.25, 0.3) is 15.6 Å². The fourth-order valence-corrected chi connectivity index (χ4v) is 2.38. The van der Waals surface area contributed by atoms with Crippen molar-refractivity contribution in [2.24, 2.45) is 0 Å². The lowest BCUT2D eigenvalue weighted by molar-refractivity contribution is -0.505. The standard InChI is InChI=1S/C11H7NOS/c13-10-3-1-2-8-7-12-4-5-14-11(12)6-9(8)10/h1-7H/p+1. The van der Waals surface area contributed by atoms with Crippen LogP contribution < -0.4 is 4.40 Å². The Morgan fingerprint density at radius 3 is 3.14 bits per heavy atom. The van der Waals surface area contributed by atoms with Gasteiger partial charge in [0.15, 0.2) is 12.4 Å². The normalized spacial score (nSPS) is 11.1. The summed E-state index contributed by atoms with van der Waals surface area (Å²) in [6.07, 6.45) is 4.05. The molecule has 1 aromatic carbocycles. The van der Waals surface area contributed by atoms with E-state index in [2.05, 4.69) is 4.40 Å². The zero-order chi connectivity index (χ0) is 9.54. The number of thiazole rings is 1. The number of nitrogens with zero attached hydrogens (tertiary/aromatic N) is 1. The molecule has 2 nitrogen and oxygen atoms in total. The third-order valence-electron chi connectivity index (χ3n) is 2.33. The molecule has 68 valence electrons. The van der Waals surface area contributed by atoms with E-state index in [0.29, 0.717) is 5.75 Å². The summed E-state index contributed by atoms with van der Waals surface area (Å²) in [5.41, 5.74) is 0. The number of benzene rings is 1. The highest BCUT2D eigenvalue weighted by molar-refractivity contribution is 7.15. The van der Waals surface area contributed by atoms with Gasteiger partial charge in [0.25, 0.3) is 4.83 Å². The number of aromatic hydroxyl groups is 1. The van der Waals surface area contributed by atoms with Crippen molar-refractivity contribution in [1.29, 1.82) is 0 Å². The molecule has 0 atom stereocenters. The zero-order valence-electron chi connectivity index (χ0n) is 7.34. The second-order valence-electron chi connectivity index (χ2n) is 3.20. The summed E-state index contributed by atoms with van der Waals surface area (Å²) in [5.74, 6) is 0.346. The summed E-state index contributed by atoms with van der Waals surface area (Å²) in [5, 5.41) is 13.7. The van der Waals surface area contributed by atoms with Crippen LogP contribution in [-0.2, 0) is 0 Å². The van der Waals surface area contributed by atoms with Crippen molar-refractivity contribution < 1.29 is 9.51 Å². The number of fused-ring (bicyclic) bond motifs is 2. The molecule has 0 amide bonds. The van der Waals surface area contributed by atoms with Crippen LogP contribution in [0.3, 0.4) is 0 Å². The highest BCUT2D eigenvalue weighted by atomic mass is 32.1. The summed E-state index contributed by atoms with van der Waals surface area (Å²) in [7, 11) is 0. The van der Waals surface area contributed by atoms with Gasteiger partial charge in [-0.25, -0.2) is 0 Å². The number of pyridine rings is 1. The summed E-state index contributed by atoms with van der Waals surface area (Å²) in [6, 6.07) is 7.58.